The van der Waals surface area contributed by atoms with Gasteiger partial charge < -0.3 is 19.7 Å². The van der Waals surface area contributed by atoms with Crippen LogP contribution in [-0.4, -0.2) is 83.6 Å². The van der Waals surface area contributed by atoms with Gasteiger partial charge in [0.1, 0.15) is 11.4 Å². The molecule has 168 valence electrons. The minimum Gasteiger partial charge on any atom is -0.497 e. The molecule has 2 amide bonds. The van der Waals surface area contributed by atoms with Crippen LogP contribution < -0.4 is 10.1 Å². The first-order valence-corrected chi connectivity index (χ1v) is 10.4. The van der Waals surface area contributed by atoms with E-state index in [-0.39, 0.29) is 12.0 Å². The zero-order valence-electron chi connectivity index (χ0n) is 18.6. The summed E-state index contributed by atoms with van der Waals surface area (Å²) < 4.78 is 12.2. The molecule has 0 unspecified atom stereocenters. The lowest BCUT2D eigenvalue weighted by atomic mass is 10.2. The number of rotatable bonds is 6. The summed E-state index contributed by atoms with van der Waals surface area (Å²) in [5.41, 5.74) is 0.729. The van der Waals surface area contributed by atoms with Gasteiger partial charge in [0, 0.05) is 45.5 Å². The quantitative estimate of drug-likeness (QED) is 0.757. The molecule has 1 aliphatic rings. The third-order valence-corrected chi connectivity index (χ3v) is 4.90. The Kier molecular flexibility index (Phi) is 7.17. The van der Waals surface area contributed by atoms with Gasteiger partial charge in [-0.1, -0.05) is 0 Å². The van der Waals surface area contributed by atoms with Crippen molar-refractivity contribution in [2.75, 3.05) is 46.4 Å². The Morgan fingerprint density at radius 1 is 1.06 bits per heavy atom. The molecule has 1 aromatic carbocycles. The normalized spacial score (nSPS) is 14.9. The summed E-state index contributed by atoms with van der Waals surface area (Å²) in [6.07, 6.45) is 1.49. The van der Waals surface area contributed by atoms with Crippen molar-refractivity contribution in [2.45, 2.75) is 26.4 Å². The van der Waals surface area contributed by atoms with Crippen LogP contribution >= 0.6 is 0 Å². The summed E-state index contributed by atoms with van der Waals surface area (Å²) in [6, 6.07) is 9.15. The van der Waals surface area contributed by atoms with E-state index >= 15 is 0 Å². The minimum atomic E-state index is -0.487. The maximum atomic E-state index is 12.4. The molecule has 2 aromatic rings. The number of aromatic nitrogens is 2. The van der Waals surface area contributed by atoms with Crippen LogP contribution in [0.3, 0.4) is 0 Å². The van der Waals surface area contributed by atoms with Crippen molar-refractivity contribution in [2.24, 2.45) is 0 Å². The van der Waals surface area contributed by atoms with Gasteiger partial charge in [-0.3, -0.25) is 9.69 Å². The average Bonchev–Trinajstić information content (AvgIpc) is 3.23. The summed E-state index contributed by atoms with van der Waals surface area (Å²) in [4.78, 5) is 28.5. The molecule has 1 fully saturated rings. The number of methoxy groups -OCH3 is 1. The molecule has 3 rings (SSSR count). The zero-order valence-corrected chi connectivity index (χ0v) is 18.6. The highest BCUT2D eigenvalue weighted by Gasteiger charge is 2.25. The summed E-state index contributed by atoms with van der Waals surface area (Å²) >= 11 is 0. The van der Waals surface area contributed by atoms with Gasteiger partial charge >= 0.3 is 6.09 Å². The topological polar surface area (TPSA) is 88.9 Å². The first kappa shape index (κ1) is 22.6. The second-order valence-electron chi connectivity index (χ2n) is 8.41. The lowest BCUT2D eigenvalue weighted by Crippen LogP contribution is -2.51. The summed E-state index contributed by atoms with van der Waals surface area (Å²) in [5, 5.41) is 7.26. The van der Waals surface area contributed by atoms with E-state index in [9.17, 15) is 9.59 Å². The molecule has 1 aromatic heterocycles. The molecule has 0 spiro atoms. The first-order valence-electron chi connectivity index (χ1n) is 10.4. The van der Waals surface area contributed by atoms with Gasteiger partial charge in [0.05, 0.1) is 12.8 Å². The van der Waals surface area contributed by atoms with Crippen molar-refractivity contribution in [1.29, 1.82) is 0 Å². The van der Waals surface area contributed by atoms with Crippen molar-refractivity contribution in [3.8, 4) is 11.4 Å². The first-order chi connectivity index (χ1) is 14.7. The summed E-state index contributed by atoms with van der Waals surface area (Å²) in [5.74, 6) is 0.556. The van der Waals surface area contributed by atoms with Gasteiger partial charge in [-0.05, 0) is 51.1 Å². The Morgan fingerprint density at radius 2 is 1.74 bits per heavy atom. The van der Waals surface area contributed by atoms with Crippen LogP contribution in [0.25, 0.3) is 5.69 Å². The second kappa shape index (κ2) is 9.82. The molecule has 0 bridgehead atoms. The highest BCUT2D eigenvalue weighted by atomic mass is 16.6. The number of nitrogens with one attached hydrogen (secondary N) is 1. The molecule has 9 heteroatoms. The molecule has 2 heterocycles. The number of hydrogen-bond acceptors (Lipinski definition) is 6. The van der Waals surface area contributed by atoms with Gasteiger partial charge in [-0.2, -0.15) is 5.10 Å². The second-order valence-corrected chi connectivity index (χ2v) is 8.41. The molecule has 9 nitrogen and oxygen atoms in total. The molecule has 31 heavy (non-hydrogen) atoms. The standard InChI is InChI=1S/C22H31N5O4/c1-22(2,3)31-21(29)26-15-13-25(14-16-26)12-10-23-20(28)19-9-11-27(24-19)17-5-7-18(30-4)8-6-17/h5-9,11H,10,12-16H2,1-4H3,(H,23,28). The Bertz CT molecular complexity index is 880. The smallest absolute Gasteiger partial charge is 0.410 e. The van der Waals surface area contributed by atoms with E-state index < -0.39 is 5.60 Å². The van der Waals surface area contributed by atoms with Gasteiger partial charge in [-0.15, -0.1) is 0 Å². The molecule has 1 saturated heterocycles. The van der Waals surface area contributed by atoms with Crippen LogP contribution in [0.15, 0.2) is 36.5 Å². The van der Waals surface area contributed by atoms with E-state index in [1.165, 1.54) is 0 Å². The minimum absolute atomic E-state index is 0.209. The van der Waals surface area contributed by atoms with Gasteiger partial charge in [-0.25, -0.2) is 9.48 Å². The predicted octanol–water partition coefficient (Wildman–Crippen LogP) is 2.16. The summed E-state index contributed by atoms with van der Waals surface area (Å²) in [6.45, 7) is 9.57. The largest absolute Gasteiger partial charge is 0.497 e. The Morgan fingerprint density at radius 3 is 2.35 bits per heavy atom. The number of benzene rings is 1. The van der Waals surface area contributed by atoms with E-state index in [0.29, 0.717) is 31.9 Å². The molecular formula is C22H31N5O4. The third-order valence-electron chi connectivity index (χ3n) is 4.90. The van der Waals surface area contributed by atoms with Gasteiger partial charge in [0.2, 0.25) is 0 Å². The van der Waals surface area contributed by atoms with Crippen molar-refractivity contribution < 1.29 is 19.1 Å². The van der Waals surface area contributed by atoms with Crippen LogP contribution in [0.5, 0.6) is 5.75 Å². The monoisotopic (exact) mass is 429 g/mol. The predicted molar refractivity (Wildman–Crippen MR) is 117 cm³/mol. The van der Waals surface area contributed by atoms with Crippen LogP contribution in [0.2, 0.25) is 0 Å². The van der Waals surface area contributed by atoms with E-state index in [2.05, 4.69) is 15.3 Å². The molecule has 0 saturated carbocycles. The fourth-order valence-electron chi connectivity index (χ4n) is 3.22. The Balaban J connectivity index is 1.41. The number of piperazine rings is 1. The number of nitrogens with zero attached hydrogens (tertiary/aromatic N) is 4. The zero-order chi connectivity index (χ0) is 22.4. The van der Waals surface area contributed by atoms with Gasteiger partial charge in [0.25, 0.3) is 5.91 Å². The van der Waals surface area contributed by atoms with Crippen LogP contribution in [0.1, 0.15) is 31.3 Å². The fourth-order valence-corrected chi connectivity index (χ4v) is 3.22. The van der Waals surface area contributed by atoms with Crippen LogP contribution in [0.4, 0.5) is 4.79 Å². The number of carbonyl (C=O) groups excluding carboxylic acids is 2. The lowest BCUT2D eigenvalue weighted by molar-refractivity contribution is 0.0147. The molecule has 1 aliphatic heterocycles. The van der Waals surface area contributed by atoms with E-state index in [1.54, 1.807) is 29.0 Å². The molecule has 0 aliphatic carbocycles. The van der Waals surface area contributed by atoms with Crippen molar-refractivity contribution in [1.82, 2.24) is 24.9 Å². The van der Waals surface area contributed by atoms with E-state index in [4.69, 9.17) is 9.47 Å². The Labute approximate surface area is 182 Å². The number of amides is 2. The van der Waals surface area contributed by atoms with Crippen molar-refractivity contribution in [3.05, 3.63) is 42.2 Å². The molecule has 0 atom stereocenters. The SMILES string of the molecule is COc1ccc(-n2ccc(C(=O)NCCN3CCN(C(=O)OC(C)(C)C)CC3)n2)cc1. The fraction of sp³-hybridized carbons (Fsp3) is 0.500. The maximum absolute atomic E-state index is 12.4. The highest BCUT2D eigenvalue weighted by Crippen LogP contribution is 2.15. The number of hydrogen-bond donors (Lipinski definition) is 1. The van der Waals surface area contributed by atoms with E-state index in [1.807, 2.05) is 45.0 Å². The molecule has 0 radical (unpaired) electrons. The number of carbonyl (C=O) groups is 2. The van der Waals surface area contributed by atoms with Gasteiger partial charge in [0.15, 0.2) is 5.69 Å². The van der Waals surface area contributed by atoms with Crippen LogP contribution in [0, 0.1) is 0 Å². The number of ether oxygens (including phenoxy) is 2. The third kappa shape index (κ3) is 6.45. The maximum Gasteiger partial charge on any atom is 0.410 e. The van der Waals surface area contributed by atoms with Crippen molar-refractivity contribution in [3.63, 3.8) is 0 Å². The Hall–Kier alpha value is -3.07. The van der Waals surface area contributed by atoms with Crippen molar-refractivity contribution >= 4 is 12.0 Å². The van der Waals surface area contributed by atoms with E-state index in [0.717, 1.165) is 24.5 Å². The summed E-state index contributed by atoms with van der Waals surface area (Å²) in [7, 11) is 1.62. The lowest BCUT2D eigenvalue weighted by Gasteiger charge is -2.35. The molecule has 1 N–H and O–H groups in total. The van der Waals surface area contributed by atoms with Crippen LogP contribution in [-0.2, 0) is 4.74 Å². The molecular weight excluding hydrogens is 398 g/mol. The highest BCUT2D eigenvalue weighted by molar-refractivity contribution is 5.92. The average molecular weight is 430 g/mol.